The van der Waals surface area contributed by atoms with Crippen molar-refractivity contribution in [3.63, 3.8) is 0 Å². The van der Waals surface area contributed by atoms with Crippen molar-refractivity contribution in [2.24, 2.45) is 0 Å². The summed E-state index contributed by atoms with van der Waals surface area (Å²) in [6.07, 6.45) is 0. The second-order valence-electron chi connectivity index (χ2n) is 7.13. The Morgan fingerprint density at radius 2 is 1.90 bits per heavy atom. The number of hydrogen-bond donors (Lipinski definition) is 1. The Kier molecular flexibility index (Phi) is 6.14. The van der Waals surface area contributed by atoms with E-state index in [1.807, 2.05) is 30.3 Å². The summed E-state index contributed by atoms with van der Waals surface area (Å²) in [6.45, 7) is 4.38. The first-order chi connectivity index (χ1) is 14.2. The van der Waals surface area contributed by atoms with Crippen LogP contribution in [-0.2, 0) is 20.8 Å². The van der Waals surface area contributed by atoms with Gasteiger partial charge in [0, 0.05) is 43.4 Å². The number of fused-ring (bicyclic) bond motifs is 1. The number of methoxy groups -OCH3 is 1. The highest BCUT2D eigenvalue weighted by Gasteiger charge is 2.14. The van der Waals surface area contributed by atoms with Gasteiger partial charge in [-0.1, -0.05) is 30.3 Å². The molecule has 6 nitrogen and oxygen atoms in total. The number of benzene rings is 2. The first kappa shape index (κ1) is 19.5. The lowest BCUT2D eigenvalue weighted by Crippen LogP contribution is -2.35. The summed E-state index contributed by atoms with van der Waals surface area (Å²) in [4.78, 5) is 19.0. The van der Waals surface area contributed by atoms with Gasteiger partial charge in [0.2, 0.25) is 5.91 Å². The van der Waals surface area contributed by atoms with Crippen LogP contribution in [0.2, 0.25) is 0 Å². The van der Waals surface area contributed by atoms with Gasteiger partial charge in [0.15, 0.2) is 0 Å². The van der Waals surface area contributed by atoms with Gasteiger partial charge in [0.25, 0.3) is 0 Å². The Morgan fingerprint density at radius 3 is 2.66 bits per heavy atom. The Hall–Kier alpha value is -2.80. The molecule has 2 heterocycles. The van der Waals surface area contributed by atoms with Gasteiger partial charge in [-0.15, -0.1) is 0 Å². The molecule has 0 aliphatic carbocycles. The van der Waals surface area contributed by atoms with Crippen molar-refractivity contribution >= 4 is 22.5 Å². The number of morpholine rings is 1. The fourth-order valence-corrected chi connectivity index (χ4v) is 3.58. The van der Waals surface area contributed by atoms with Gasteiger partial charge in [-0.3, -0.25) is 9.69 Å². The second kappa shape index (κ2) is 9.13. The van der Waals surface area contributed by atoms with Gasteiger partial charge in [-0.25, -0.2) is 4.98 Å². The molecule has 3 aromatic rings. The van der Waals surface area contributed by atoms with E-state index in [2.05, 4.69) is 34.5 Å². The van der Waals surface area contributed by atoms with Crippen LogP contribution in [0.15, 0.2) is 54.6 Å². The fourth-order valence-electron chi connectivity index (χ4n) is 3.58. The normalized spacial score (nSPS) is 14.8. The van der Waals surface area contributed by atoms with E-state index in [0.717, 1.165) is 55.3 Å². The zero-order chi connectivity index (χ0) is 20.1. The summed E-state index contributed by atoms with van der Waals surface area (Å²) in [5, 5.41) is 4.00. The molecule has 1 saturated heterocycles. The molecule has 4 rings (SSSR count). The number of nitrogens with zero attached hydrogens (tertiary/aromatic N) is 2. The number of nitrogens with one attached hydrogen (secondary N) is 1. The molecule has 1 amide bonds. The maximum absolute atomic E-state index is 11.7. The molecule has 0 atom stereocenters. The molecule has 29 heavy (non-hydrogen) atoms. The lowest BCUT2D eigenvalue weighted by Gasteiger charge is -2.27. The molecule has 0 bridgehead atoms. The van der Waals surface area contributed by atoms with Crippen LogP contribution in [-0.4, -0.2) is 55.8 Å². The average molecular weight is 391 g/mol. The zero-order valence-electron chi connectivity index (χ0n) is 16.6. The van der Waals surface area contributed by atoms with E-state index in [4.69, 9.17) is 14.5 Å². The van der Waals surface area contributed by atoms with E-state index in [0.29, 0.717) is 0 Å². The molecule has 150 valence electrons. The Balaban J connectivity index is 1.62. The molecule has 1 aliphatic heterocycles. The molecule has 0 spiro atoms. The molecule has 0 saturated carbocycles. The fraction of sp³-hybridized carbons (Fsp3) is 0.304. The number of anilines is 1. The van der Waals surface area contributed by atoms with Gasteiger partial charge >= 0.3 is 0 Å². The molecule has 6 heteroatoms. The van der Waals surface area contributed by atoms with Crippen molar-refractivity contribution < 1.29 is 14.3 Å². The van der Waals surface area contributed by atoms with Gasteiger partial charge in [0.05, 0.1) is 24.4 Å². The summed E-state index contributed by atoms with van der Waals surface area (Å²) in [5.74, 6) is -0.170. The third kappa shape index (κ3) is 4.79. The minimum absolute atomic E-state index is 0.0406. The summed E-state index contributed by atoms with van der Waals surface area (Å²) < 4.78 is 10.3. The number of rotatable bonds is 6. The van der Waals surface area contributed by atoms with Gasteiger partial charge in [0.1, 0.15) is 6.61 Å². The van der Waals surface area contributed by atoms with E-state index in [1.54, 1.807) is 0 Å². The summed E-state index contributed by atoms with van der Waals surface area (Å²) in [6, 6.07) is 18.2. The highest BCUT2D eigenvalue weighted by atomic mass is 16.5. The van der Waals surface area contributed by atoms with E-state index in [1.165, 1.54) is 18.1 Å². The number of pyridine rings is 1. The molecule has 2 aromatic carbocycles. The number of hydrogen-bond acceptors (Lipinski definition) is 5. The van der Waals surface area contributed by atoms with Gasteiger partial charge in [-0.05, 0) is 29.8 Å². The predicted molar refractivity (Wildman–Crippen MR) is 114 cm³/mol. The summed E-state index contributed by atoms with van der Waals surface area (Å²) >= 11 is 0. The topological polar surface area (TPSA) is 63.7 Å². The van der Waals surface area contributed by atoms with E-state index >= 15 is 0 Å². The monoisotopic (exact) mass is 391 g/mol. The second-order valence-corrected chi connectivity index (χ2v) is 7.13. The van der Waals surface area contributed by atoms with Crippen molar-refractivity contribution in [2.45, 2.75) is 6.54 Å². The van der Waals surface area contributed by atoms with Gasteiger partial charge < -0.3 is 14.8 Å². The number of carbonyl (C=O) groups excluding carboxylic acids is 1. The van der Waals surface area contributed by atoms with Crippen LogP contribution in [0, 0.1) is 0 Å². The van der Waals surface area contributed by atoms with Crippen LogP contribution in [0.5, 0.6) is 0 Å². The van der Waals surface area contributed by atoms with Crippen molar-refractivity contribution in [1.82, 2.24) is 9.88 Å². The molecule has 1 aliphatic rings. The Morgan fingerprint density at radius 1 is 1.14 bits per heavy atom. The first-order valence-electron chi connectivity index (χ1n) is 9.81. The first-order valence-corrected chi connectivity index (χ1v) is 9.81. The lowest BCUT2D eigenvalue weighted by atomic mass is 10.0. The van der Waals surface area contributed by atoms with Crippen LogP contribution in [0.4, 0.5) is 5.69 Å². The SMILES string of the molecule is COCC(=O)Nc1ccc(-c2cc(CN3CCOCC3)c3ccccc3n2)cc1. The van der Waals surface area contributed by atoms with E-state index < -0.39 is 0 Å². The lowest BCUT2D eigenvalue weighted by molar-refractivity contribution is -0.119. The number of para-hydroxylation sites is 1. The summed E-state index contributed by atoms with van der Waals surface area (Å²) in [5.41, 5.74) is 4.95. The smallest absolute Gasteiger partial charge is 0.250 e. The predicted octanol–water partition coefficient (Wildman–Crippen LogP) is 3.32. The standard InChI is InChI=1S/C23H25N3O3/c1-28-16-23(27)24-19-8-6-17(7-9-19)22-14-18(15-26-10-12-29-13-11-26)20-4-2-3-5-21(20)25-22/h2-9,14H,10-13,15-16H2,1H3,(H,24,27). The minimum atomic E-state index is -0.170. The maximum atomic E-state index is 11.7. The number of aromatic nitrogens is 1. The number of ether oxygens (including phenoxy) is 2. The largest absolute Gasteiger partial charge is 0.379 e. The summed E-state index contributed by atoms with van der Waals surface area (Å²) in [7, 11) is 1.50. The van der Waals surface area contributed by atoms with Crippen molar-refractivity contribution in [3.05, 3.63) is 60.2 Å². The number of amides is 1. The zero-order valence-corrected chi connectivity index (χ0v) is 16.6. The van der Waals surface area contributed by atoms with Crippen molar-refractivity contribution in [3.8, 4) is 11.3 Å². The van der Waals surface area contributed by atoms with Crippen LogP contribution in [0.25, 0.3) is 22.2 Å². The third-order valence-corrected chi connectivity index (χ3v) is 5.04. The molecule has 0 radical (unpaired) electrons. The molecule has 1 fully saturated rings. The molecule has 1 aromatic heterocycles. The quantitative estimate of drug-likeness (QED) is 0.698. The Labute approximate surface area is 170 Å². The maximum Gasteiger partial charge on any atom is 0.250 e. The highest BCUT2D eigenvalue weighted by molar-refractivity contribution is 5.92. The van der Waals surface area contributed by atoms with E-state index in [-0.39, 0.29) is 12.5 Å². The molecular weight excluding hydrogens is 366 g/mol. The van der Waals surface area contributed by atoms with Crippen LogP contribution < -0.4 is 5.32 Å². The highest BCUT2D eigenvalue weighted by Crippen LogP contribution is 2.27. The molecular formula is C23H25N3O3. The third-order valence-electron chi connectivity index (χ3n) is 5.04. The van der Waals surface area contributed by atoms with E-state index in [9.17, 15) is 4.79 Å². The Bertz CT molecular complexity index is 982. The van der Waals surface area contributed by atoms with Crippen LogP contribution in [0.3, 0.4) is 0 Å². The van der Waals surface area contributed by atoms with Crippen molar-refractivity contribution in [1.29, 1.82) is 0 Å². The van der Waals surface area contributed by atoms with Crippen molar-refractivity contribution in [2.75, 3.05) is 45.3 Å². The number of carbonyl (C=O) groups is 1. The average Bonchev–Trinajstić information content (AvgIpc) is 2.75. The van der Waals surface area contributed by atoms with Crippen LogP contribution in [0.1, 0.15) is 5.56 Å². The van der Waals surface area contributed by atoms with Gasteiger partial charge in [-0.2, -0.15) is 0 Å². The molecule has 0 unspecified atom stereocenters. The minimum Gasteiger partial charge on any atom is -0.379 e. The molecule has 1 N–H and O–H groups in total. The van der Waals surface area contributed by atoms with Crippen LogP contribution >= 0.6 is 0 Å².